The van der Waals surface area contributed by atoms with E-state index in [1.807, 2.05) is 17.0 Å². The van der Waals surface area contributed by atoms with Crippen molar-refractivity contribution in [2.45, 2.75) is 37.8 Å². The zero-order valence-electron chi connectivity index (χ0n) is 16.2. The van der Waals surface area contributed by atoms with Gasteiger partial charge in [0.25, 0.3) is 5.91 Å². The second-order valence-electron chi connectivity index (χ2n) is 7.52. The van der Waals surface area contributed by atoms with Gasteiger partial charge in [0, 0.05) is 52.2 Å². The Hall–Kier alpha value is -2.16. The van der Waals surface area contributed by atoms with Gasteiger partial charge in [0.1, 0.15) is 0 Å². The fraction of sp³-hybridized carbons (Fsp3) is 0.286. The predicted octanol–water partition coefficient (Wildman–Crippen LogP) is 3.82. The first-order chi connectivity index (χ1) is 13.8. The number of nitrogens with one attached hydrogen (secondary N) is 2. The van der Waals surface area contributed by atoms with Crippen LogP contribution in [-0.4, -0.2) is 36.8 Å². The Balaban J connectivity index is 1.57. The molecule has 0 fully saturated rings. The third-order valence-electron chi connectivity index (χ3n) is 5.05. The number of H-pyrrole nitrogens is 1. The smallest absolute Gasteiger partial charge is 0.254 e. The van der Waals surface area contributed by atoms with Crippen LogP contribution in [0, 0.1) is 0 Å². The van der Waals surface area contributed by atoms with E-state index in [9.17, 15) is 13.2 Å². The first-order valence-electron chi connectivity index (χ1n) is 9.46. The molecule has 3 aromatic rings. The molecule has 1 aromatic heterocycles. The average molecular weight is 476 g/mol. The van der Waals surface area contributed by atoms with Gasteiger partial charge in [0.15, 0.2) is 0 Å². The number of hydrogen-bond acceptors (Lipinski definition) is 3. The molecule has 2 heterocycles. The highest BCUT2D eigenvalue weighted by Gasteiger charge is 2.25. The summed E-state index contributed by atoms with van der Waals surface area (Å²) in [4.78, 5) is 18.4. The van der Waals surface area contributed by atoms with Crippen LogP contribution in [0.3, 0.4) is 0 Å². The maximum absolute atomic E-state index is 13.0. The molecule has 0 unspecified atom stereocenters. The Morgan fingerprint density at radius 1 is 1.17 bits per heavy atom. The van der Waals surface area contributed by atoms with Crippen LogP contribution < -0.4 is 4.72 Å². The summed E-state index contributed by atoms with van der Waals surface area (Å²) in [6, 6.07) is 12.0. The number of rotatable bonds is 4. The molecule has 2 N–H and O–H groups in total. The molecule has 0 saturated heterocycles. The molecule has 0 aliphatic carbocycles. The van der Waals surface area contributed by atoms with E-state index in [-0.39, 0.29) is 16.8 Å². The van der Waals surface area contributed by atoms with Crippen molar-refractivity contribution in [3.8, 4) is 0 Å². The van der Waals surface area contributed by atoms with E-state index in [4.69, 9.17) is 0 Å². The number of aromatic amines is 1. The second-order valence-corrected chi connectivity index (χ2v) is 10.1. The Bertz CT molecular complexity index is 1180. The number of hydrogen-bond donors (Lipinski definition) is 2. The number of carbonyl (C=O) groups excluding carboxylic acids is 1. The molecule has 6 nitrogen and oxygen atoms in total. The molecule has 29 heavy (non-hydrogen) atoms. The SMILES string of the molecule is CC(C)NS(=O)(=O)c1ccc(C(=O)N2CCc3[nH]c4c(Br)cccc4c3C2)cc1. The van der Waals surface area contributed by atoms with Gasteiger partial charge in [-0.2, -0.15) is 0 Å². The van der Waals surface area contributed by atoms with Crippen molar-refractivity contribution in [3.63, 3.8) is 0 Å². The number of aromatic nitrogens is 1. The lowest BCUT2D eigenvalue weighted by Gasteiger charge is -2.27. The fourth-order valence-corrected chi connectivity index (χ4v) is 5.43. The lowest BCUT2D eigenvalue weighted by molar-refractivity contribution is 0.0735. The van der Waals surface area contributed by atoms with Gasteiger partial charge in [-0.3, -0.25) is 4.79 Å². The van der Waals surface area contributed by atoms with E-state index in [2.05, 4.69) is 31.7 Å². The van der Waals surface area contributed by atoms with Crippen molar-refractivity contribution in [2.24, 2.45) is 0 Å². The van der Waals surface area contributed by atoms with Crippen molar-refractivity contribution in [3.05, 3.63) is 63.8 Å². The number of sulfonamides is 1. The van der Waals surface area contributed by atoms with Crippen molar-refractivity contribution in [1.29, 1.82) is 0 Å². The molecular weight excluding hydrogens is 454 g/mol. The molecule has 0 atom stereocenters. The molecule has 1 aliphatic rings. The summed E-state index contributed by atoms with van der Waals surface area (Å²) in [5.74, 6) is -0.0965. The summed E-state index contributed by atoms with van der Waals surface area (Å²) >= 11 is 3.58. The third-order valence-corrected chi connectivity index (χ3v) is 7.38. The maximum atomic E-state index is 13.0. The summed E-state index contributed by atoms with van der Waals surface area (Å²) in [5, 5.41) is 1.12. The maximum Gasteiger partial charge on any atom is 0.254 e. The first kappa shape index (κ1) is 20.1. The van der Waals surface area contributed by atoms with Gasteiger partial charge < -0.3 is 9.88 Å². The molecule has 0 spiro atoms. The first-order valence-corrected chi connectivity index (χ1v) is 11.7. The van der Waals surface area contributed by atoms with Gasteiger partial charge in [-0.05, 0) is 60.1 Å². The summed E-state index contributed by atoms with van der Waals surface area (Å²) in [5.41, 5.74) is 3.84. The van der Waals surface area contributed by atoms with Gasteiger partial charge in [-0.1, -0.05) is 12.1 Å². The molecule has 0 bridgehead atoms. The topological polar surface area (TPSA) is 82.3 Å². The summed E-state index contributed by atoms with van der Waals surface area (Å²) in [6.45, 7) is 4.68. The van der Waals surface area contributed by atoms with Gasteiger partial charge in [0.05, 0.1) is 10.4 Å². The van der Waals surface area contributed by atoms with Crippen LogP contribution in [0.25, 0.3) is 10.9 Å². The second kappa shape index (κ2) is 7.59. The van der Waals surface area contributed by atoms with Crippen LogP contribution in [0.5, 0.6) is 0 Å². The third kappa shape index (κ3) is 3.84. The van der Waals surface area contributed by atoms with Gasteiger partial charge in [-0.25, -0.2) is 13.1 Å². The van der Waals surface area contributed by atoms with E-state index >= 15 is 0 Å². The highest BCUT2D eigenvalue weighted by atomic mass is 79.9. The van der Waals surface area contributed by atoms with E-state index in [1.54, 1.807) is 26.0 Å². The lowest BCUT2D eigenvalue weighted by atomic mass is 10.0. The van der Waals surface area contributed by atoms with Crippen LogP contribution in [0.15, 0.2) is 51.8 Å². The monoisotopic (exact) mass is 475 g/mol. The van der Waals surface area contributed by atoms with E-state index in [0.29, 0.717) is 18.7 Å². The molecule has 0 saturated carbocycles. The molecule has 2 aromatic carbocycles. The minimum Gasteiger partial charge on any atom is -0.357 e. The quantitative estimate of drug-likeness (QED) is 0.601. The predicted molar refractivity (Wildman–Crippen MR) is 116 cm³/mol. The number of para-hydroxylation sites is 1. The number of nitrogens with zero attached hydrogens (tertiary/aromatic N) is 1. The van der Waals surface area contributed by atoms with Crippen LogP contribution in [0.2, 0.25) is 0 Å². The van der Waals surface area contributed by atoms with Gasteiger partial charge in [-0.15, -0.1) is 0 Å². The minimum absolute atomic E-state index is 0.0965. The number of halogens is 1. The highest BCUT2D eigenvalue weighted by molar-refractivity contribution is 9.10. The zero-order valence-corrected chi connectivity index (χ0v) is 18.6. The number of benzene rings is 2. The van der Waals surface area contributed by atoms with E-state index in [1.165, 1.54) is 12.1 Å². The Morgan fingerprint density at radius 3 is 2.59 bits per heavy atom. The normalized spacial score (nSPS) is 14.4. The van der Waals surface area contributed by atoms with Crippen molar-refractivity contribution < 1.29 is 13.2 Å². The van der Waals surface area contributed by atoms with Crippen LogP contribution >= 0.6 is 15.9 Å². The summed E-state index contributed by atoms with van der Waals surface area (Å²) in [6.07, 6.45) is 0.757. The van der Waals surface area contributed by atoms with Crippen LogP contribution in [0.4, 0.5) is 0 Å². The Kier molecular flexibility index (Phi) is 5.27. The number of carbonyl (C=O) groups is 1. The zero-order chi connectivity index (χ0) is 20.8. The molecule has 1 amide bonds. The molecular formula is C21H22BrN3O3S. The molecule has 8 heteroatoms. The minimum atomic E-state index is -3.57. The van der Waals surface area contributed by atoms with Gasteiger partial charge >= 0.3 is 0 Å². The largest absolute Gasteiger partial charge is 0.357 e. The fourth-order valence-electron chi connectivity index (χ4n) is 3.71. The lowest BCUT2D eigenvalue weighted by Crippen LogP contribution is -2.35. The number of fused-ring (bicyclic) bond motifs is 3. The van der Waals surface area contributed by atoms with Crippen molar-refractivity contribution in [1.82, 2.24) is 14.6 Å². The molecule has 1 aliphatic heterocycles. The van der Waals surface area contributed by atoms with Crippen molar-refractivity contribution >= 4 is 42.8 Å². The number of amides is 1. The van der Waals surface area contributed by atoms with E-state index in [0.717, 1.165) is 33.1 Å². The molecule has 4 rings (SSSR count). The molecule has 152 valence electrons. The van der Waals surface area contributed by atoms with Crippen LogP contribution in [0.1, 0.15) is 35.5 Å². The summed E-state index contributed by atoms with van der Waals surface area (Å²) < 4.78 is 28.1. The van der Waals surface area contributed by atoms with Gasteiger partial charge in [0.2, 0.25) is 10.0 Å². The van der Waals surface area contributed by atoms with Crippen molar-refractivity contribution in [2.75, 3.05) is 6.54 Å². The summed E-state index contributed by atoms with van der Waals surface area (Å²) in [7, 11) is -3.57. The average Bonchev–Trinajstić information content (AvgIpc) is 3.06. The Labute approximate surface area is 178 Å². The standard InChI is InChI=1S/C21H22BrN3O3S/c1-13(2)24-29(27,28)15-8-6-14(7-9-15)21(26)25-11-10-19-17(12-25)16-4-3-5-18(22)20(16)23-19/h3-9,13,23-24H,10-12H2,1-2H3. The van der Waals surface area contributed by atoms with E-state index < -0.39 is 10.0 Å². The van der Waals surface area contributed by atoms with Crippen LogP contribution in [-0.2, 0) is 23.0 Å². The highest BCUT2D eigenvalue weighted by Crippen LogP contribution is 2.32. The molecule has 0 radical (unpaired) electrons. The Morgan fingerprint density at radius 2 is 1.90 bits per heavy atom.